The summed E-state index contributed by atoms with van der Waals surface area (Å²) >= 11 is 0. The average Bonchev–Trinajstić information content (AvgIpc) is 3.08. The third-order valence-corrected chi connectivity index (χ3v) is 4.83. The van der Waals surface area contributed by atoms with E-state index in [0.29, 0.717) is 29.4 Å². The van der Waals surface area contributed by atoms with E-state index in [2.05, 4.69) is 16.4 Å². The van der Waals surface area contributed by atoms with Gasteiger partial charge >= 0.3 is 0 Å². The van der Waals surface area contributed by atoms with E-state index in [9.17, 15) is 5.26 Å². The SMILES string of the molecule is COc1cc2c(cc1OC)-c1c(cnc(NCc3ccccc3)c1C#N)C2. The molecule has 5 heteroatoms. The number of anilines is 1. The van der Waals surface area contributed by atoms with Crippen molar-refractivity contribution in [2.45, 2.75) is 13.0 Å². The third kappa shape index (κ3) is 2.96. The Hall–Kier alpha value is -3.52. The first-order valence-corrected chi connectivity index (χ1v) is 8.70. The van der Waals surface area contributed by atoms with Crippen molar-refractivity contribution in [3.05, 3.63) is 70.9 Å². The largest absolute Gasteiger partial charge is 0.493 e. The molecular formula is C22H19N3O2. The average molecular weight is 357 g/mol. The third-order valence-electron chi connectivity index (χ3n) is 4.83. The molecule has 134 valence electrons. The van der Waals surface area contributed by atoms with Gasteiger partial charge in [0.05, 0.1) is 14.2 Å². The maximum Gasteiger partial charge on any atom is 0.161 e. The summed E-state index contributed by atoms with van der Waals surface area (Å²) in [5.41, 5.74) is 5.79. The molecule has 3 aromatic rings. The molecule has 0 atom stereocenters. The van der Waals surface area contributed by atoms with Crippen molar-refractivity contribution >= 4 is 5.82 Å². The first-order chi connectivity index (χ1) is 13.2. The molecule has 5 nitrogen and oxygen atoms in total. The Labute approximate surface area is 158 Å². The lowest BCUT2D eigenvalue weighted by Gasteiger charge is -2.13. The topological polar surface area (TPSA) is 67.2 Å². The van der Waals surface area contributed by atoms with E-state index in [1.54, 1.807) is 14.2 Å². The van der Waals surface area contributed by atoms with Gasteiger partial charge in [-0.2, -0.15) is 5.26 Å². The number of nitriles is 1. The van der Waals surface area contributed by atoms with Crippen LogP contribution >= 0.6 is 0 Å². The molecule has 27 heavy (non-hydrogen) atoms. The van der Waals surface area contributed by atoms with Gasteiger partial charge in [0, 0.05) is 24.7 Å². The molecule has 1 aliphatic carbocycles. The number of methoxy groups -OCH3 is 2. The van der Waals surface area contributed by atoms with Crippen LogP contribution in [0.15, 0.2) is 48.7 Å². The summed E-state index contributed by atoms with van der Waals surface area (Å²) in [7, 11) is 3.24. The number of fused-ring (bicyclic) bond motifs is 3. The van der Waals surface area contributed by atoms with Crippen LogP contribution in [0.4, 0.5) is 5.82 Å². The predicted octanol–water partition coefficient (Wildman–Crippen LogP) is 4.15. The van der Waals surface area contributed by atoms with Gasteiger partial charge in [-0.15, -0.1) is 0 Å². The Morgan fingerprint density at radius 3 is 2.52 bits per heavy atom. The lowest BCUT2D eigenvalue weighted by atomic mass is 10.0. The van der Waals surface area contributed by atoms with Crippen LogP contribution in [0.5, 0.6) is 11.5 Å². The summed E-state index contributed by atoms with van der Waals surface area (Å²) in [6.07, 6.45) is 2.58. The van der Waals surface area contributed by atoms with Gasteiger partial charge in [0.1, 0.15) is 17.5 Å². The van der Waals surface area contributed by atoms with E-state index in [1.165, 1.54) is 0 Å². The molecule has 0 saturated heterocycles. The maximum absolute atomic E-state index is 9.85. The van der Waals surface area contributed by atoms with Gasteiger partial charge in [0.2, 0.25) is 0 Å². The normalized spacial score (nSPS) is 11.3. The fraction of sp³-hybridized carbons (Fsp3) is 0.182. The van der Waals surface area contributed by atoms with Gasteiger partial charge in [-0.25, -0.2) is 4.98 Å². The highest BCUT2D eigenvalue weighted by Gasteiger charge is 2.26. The zero-order valence-corrected chi connectivity index (χ0v) is 15.2. The zero-order chi connectivity index (χ0) is 18.8. The van der Waals surface area contributed by atoms with E-state index in [4.69, 9.17) is 9.47 Å². The second-order valence-corrected chi connectivity index (χ2v) is 6.37. The summed E-state index contributed by atoms with van der Waals surface area (Å²) in [6, 6.07) is 16.3. The molecule has 2 aromatic carbocycles. The Morgan fingerprint density at radius 1 is 1.07 bits per heavy atom. The number of aromatic nitrogens is 1. The fourth-order valence-electron chi connectivity index (χ4n) is 3.52. The number of hydrogen-bond acceptors (Lipinski definition) is 5. The van der Waals surface area contributed by atoms with Gasteiger partial charge in [0.25, 0.3) is 0 Å². The molecule has 0 saturated carbocycles. The molecule has 0 fully saturated rings. The summed E-state index contributed by atoms with van der Waals surface area (Å²) < 4.78 is 10.9. The number of rotatable bonds is 5. The highest BCUT2D eigenvalue weighted by atomic mass is 16.5. The standard InChI is InChI=1S/C22H19N3O2/c1-26-19-9-15-8-16-13-25-22(24-12-14-6-4-3-5-7-14)18(11-23)21(16)17(15)10-20(19)27-2/h3-7,9-10,13H,8,12H2,1-2H3,(H,24,25). The quantitative estimate of drug-likeness (QED) is 0.581. The van der Waals surface area contributed by atoms with Crippen LogP contribution in [0.2, 0.25) is 0 Å². The lowest BCUT2D eigenvalue weighted by Crippen LogP contribution is -2.05. The molecule has 0 spiro atoms. The van der Waals surface area contributed by atoms with Crippen LogP contribution < -0.4 is 14.8 Å². The molecule has 1 aromatic heterocycles. The van der Waals surface area contributed by atoms with E-state index >= 15 is 0 Å². The summed E-state index contributed by atoms with van der Waals surface area (Å²) in [6.45, 7) is 0.611. The van der Waals surface area contributed by atoms with Gasteiger partial charge < -0.3 is 14.8 Å². The minimum Gasteiger partial charge on any atom is -0.493 e. The molecule has 1 aliphatic rings. The minimum atomic E-state index is 0.564. The summed E-state index contributed by atoms with van der Waals surface area (Å²) in [4.78, 5) is 4.51. The number of pyridine rings is 1. The summed E-state index contributed by atoms with van der Waals surface area (Å²) in [5.74, 6) is 1.95. The van der Waals surface area contributed by atoms with E-state index in [1.807, 2.05) is 48.7 Å². The molecule has 0 aliphatic heterocycles. The van der Waals surface area contributed by atoms with Crippen LogP contribution in [0.3, 0.4) is 0 Å². The molecule has 0 bridgehead atoms. The number of nitrogens with zero attached hydrogens (tertiary/aromatic N) is 2. The smallest absolute Gasteiger partial charge is 0.161 e. The van der Waals surface area contributed by atoms with Crippen molar-refractivity contribution in [1.82, 2.24) is 4.98 Å². The van der Waals surface area contributed by atoms with Crippen molar-refractivity contribution in [3.8, 4) is 28.7 Å². The zero-order valence-electron chi connectivity index (χ0n) is 15.2. The number of hydrogen-bond donors (Lipinski definition) is 1. The second kappa shape index (κ2) is 7.00. The maximum atomic E-state index is 9.85. The molecule has 1 N–H and O–H groups in total. The first kappa shape index (κ1) is 16.9. The van der Waals surface area contributed by atoms with Crippen molar-refractivity contribution in [2.24, 2.45) is 0 Å². The second-order valence-electron chi connectivity index (χ2n) is 6.37. The number of nitrogens with one attached hydrogen (secondary N) is 1. The molecule has 0 amide bonds. The van der Waals surface area contributed by atoms with Gasteiger partial charge in [-0.3, -0.25) is 0 Å². The monoisotopic (exact) mass is 357 g/mol. The van der Waals surface area contributed by atoms with E-state index in [0.717, 1.165) is 34.2 Å². The van der Waals surface area contributed by atoms with Gasteiger partial charge in [-0.05, 0) is 34.4 Å². The Balaban J connectivity index is 1.75. The molecule has 0 unspecified atom stereocenters. The lowest BCUT2D eigenvalue weighted by molar-refractivity contribution is 0.355. The summed E-state index contributed by atoms with van der Waals surface area (Å²) in [5, 5.41) is 13.1. The Kier molecular flexibility index (Phi) is 4.39. The number of ether oxygens (including phenoxy) is 2. The molecule has 4 rings (SSSR count). The minimum absolute atomic E-state index is 0.564. The van der Waals surface area contributed by atoms with Crippen molar-refractivity contribution in [2.75, 3.05) is 19.5 Å². The molecular weight excluding hydrogens is 338 g/mol. The van der Waals surface area contributed by atoms with Gasteiger partial charge in [-0.1, -0.05) is 30.3 Å². The van der Waals surface area contributed by atoms with Crippen LogP contribution in [0.1, 0.15) is 22.3 Å². The van der Waals surface area contributed by atoms with Crippen LogP contribution in [0.25, 0.3) is 11.1 Å². The Morgan fingerprint density at radius 2 is 1.81 bits per heavy atom. The van der Waals surface area contributed by atoms with Crippen molar-refractivity contribution < 1.29 is 9.47 Å². The predicted molar refractivity (Wildman–Crippen MR) is 104 cm³/mol. The van der Waals surface area contributed by atoms with Crippen LogP contribution in [0, 0.1) is 11.3 Å². The molecule has 0 radical (unpaired) electrons. The first-order valence-electron chi connectivity index (χ1n) is 8.70. The van der Waals surface area contributed by atoms with Crippen molar-refractivity contribution in [3.63, 3.8) is 0 Å². The van der Waals surface area contributed by atoms with E-state index < -0.39 is 0 Å². The molecule has 1 heterocycles. The van der Waals surface area contributed by atoms with Gasteiger partial charge in [0.15, 0.2) is 11.5 Å². The van der Waals surface area contributed by atoms with Crippen LogP contribution in [-0.2, 0) is 13.0 Å². The number of benzene rings is 2. The Bertz CT molecular complexity index is 1040. The highest BCUT2D eigenvalue weighted by molar-refractivity contribution is 5.86. The fourth-order valence-corrected chi connectivity index (χ4v) is 3.52. The van der Waals surface area contributed by atoms with Crippen LogP contribution in [-0.4, -0.2) is 19.2 Å². The van der Waals surface area contributed by atoms with Crippen molar-refractivity contribution in [1.29, 1.82) is 5.26 Å². The highest BCUT2D eigenvalue weighted by Crippen LogP contribution is 2.45. The van der Waals surface area contributed by atoms with E-state index in [-0.39, 0.29) is 0 Å².